The highest BCUT2D eigenvalue weighted by molar-refractivity contribution is 6.31. The quantitative estimate of drug-likeness (QED) is 0.569. The van der Waals surface area contributed by atoms with Crippen molar-refractivity contribution in [2.75, 3.05) is 30.6 Å². The Morgan fingerprint density at radius 1 is 1.05 bits per heavy atom. The average molecular weight is 521 g/mol. The fraction of sp³-hybridized carbons (Fsp3) is 0.321. The van der Waals surface area contributed by atoms with E-state index in [1.807, 2.05) is 12.1 Å². The van der Waals surface area contributed by atoms with Crippen molar-refractivity contribution in [2.45, 2.75) is 38.1 Å². The Kier molecular flexibility index (Phi) is 7.74. The topological polar surface area (TPSA) is 109 Å². The molecule has 2 aromatic carbocycles. The van der Waals surface area contributed by atoms with Crippen molar-refractivity contribution in [1.82, 2.24) is 0 Å². The zero-order valence-corrected chi connectivity index (χ0v) is 21.8. The lowest BCUT2D eigenvalue weighted by Crippen LogP contribution is -2.43. The van der Waals surface area contributed by atoms with Gasteiger partial charge in [0.05, 0.1) is 48.7 Å². The van der Waals surface area contributed by atoms with E-state index >= 15 is 0 Å². The van der Waals surface area contributed by atoms with Crippen molar-refractivity contribution in [3.63, 3.8) is 0 Å². The second-order valence-electron chi connectivity index (χ2n) is 9.01. The number of allylic oxidation sites excluding steroid dienone is 1. The van der Waals surface area contributed by atoms with Gasteiger partial charge in [0.15, 0.2) is 0 Å². The predicted octanol–water partition coefficient (Wildman–Crippen LogP) is 4.62. The molecule has 0 aliphatic carbocycles. The van der Waals surface area contributed by atoms with E-state index < -0.39 is 17.9 Å². The number of esters is 2. The highest BCUT2D eigenvalue weighted by atomic mass is 35.5. The highest BCUT2D eigenvalue weighted by Gasteiger charge is 2.44. The van der Waals surface area contributed by atoms with Gasteiger partial charge >= 0.3 is 11.9 Å². The molecule has 0 amide bonds. The number of carbonyl (C=O) groups excluding carboxylic acids is 2. The predicted molar refractivity (Wildman–Crippen MR) is 142 cm³/mol. The molecule has 0 aromatic heterocycles. The van der Waals surface area contributed by atoms with E-state index in [1.165, 1.54) is 19.1 Å². The van der Waals surface area contributed by atoms with Crippen molar-refractivity contribution in [1.29, 1.82) is 5.26 Å². The number of nitriles is 1. The van der Waals surface area contributed by atoms with E-state index in [1.54, 1.807) is 36.4 Å². The Hall–Kier alpha value is -3.96. The van der Waals surface area contributed by atoms with Gasteiger partial charge in [-0.15, -0.1) is 0 Å². The molecule has 2 unspecified atom stereocenters. The maximum atomic E-state index is 13.4. The molecule has 4 rings (SSSR count). The van der Waals surface area contributed by atoms with Crippen LogP contribution in [0.2, 0.25) is 5.02 Å². The Labute approximate surface area is 221 Å². The standard InChI is InChI=1S/C28H29ClN4O4/c1-17-9-7-8-14-32(17)21-13-12-19(29)15-22(21)33-25(28(35)37-3)24(27(34)36-2)23(20(16-30)26(33)31)18-10-5-4-6-11-18/h4-6,10-13,15,17,23H,7-9,14,31H2,1-3H3. The molecular formula is C28H29ClN4O4. The number of hydrogen-bond donors (Lipinski definition) is 1. The number of nitrogens with zero attached hydrogens (tertiary/aromatic N) is 3. The molecule has 2 N–H and O–H groups in total. The van der Waals surface area contributed by atoms with Gasteiger partial charge in [-0.1, -0.05) is 41.9 Å². The molecule has 0 bridgehead atoms. The highest BCUT2D eigenvalue weighted by Crippen LogP contribution is 2.46. The van der Waals surface area contributed by atoms with Crippen LogP contribution in [0.3, 0.4) is 0 Å². The van der Waals surface area contributed by atoms with Crippen molar-refractivity contribution < 1.29 is 19.1 Å². The van der Waals surface area contributed by atoms with E-state index in [4.69, 9.17) is 26.8 Å². The Morgan fingerprint density at radius 3 is 2.38 bits per heavy atom. The summed E-state index contributed by atoms with van der Waals surface area (Å²) in [5, 5.41) is 10.7. The second-order valence-corrected chi connectivity index (χ2v) is 9.44. The minimum Gasteiger partial charge on any atom is -0.466 e. The Balaban J connectivity index is 2.07. The average Bonchev–Trinajstić information content (AvgIpc) is 2.92. The number of methoxy groups -OCH3 is 2. The third kappa shape index (κ3) is 4.75. The molecule has 1 saturated heterocycles. The number of rotatable bonds is 5. The summed E-state index contributed by atoms with van der Waals surface area (Å²) in [7, 11) is 2.45. The largest absolute Gasteiger partial charge is 0.466 e. The first-order valence-electron chi connectivity index (χ1n) is 12.1. The van der Waals surface area contributed by atoms with Crippen molar-refractivity contribution in [2.24, 2.45) is 5.73 Å². The van der Waals surface area contributed by atoms with Crippen LogP contribution < -0.4 is 15.5 Å². The van der Waals surface area contributed by atoms with E-state index in [0.29, 0.717) is 16.3 Å². The Morgan fingerprint density at radius 2 is 1.76 bits per heavy atom. The summed E-state index contributed by atoms with van der Waals surface area (Å²) in [4.78, 5) is 30.3. The van der Waals surface area contributed by atoms with Crippen molar-refractivity contribution in [3.8, 4) is 6.07 Å². The first-order valence-corrected chi connectivity index (χ1v) is 12.4. The summed E-state index contributed by atoms with van der Waals surface area (Å²) in [6.07, 6.45) is 3.12. The summed E-state index contributed by atoms with van der Waals surface area (Å²) < 4.78 is 10.3. The smallest absolute Gasteiger partial charge is 0.355 e. The van der Waals surface area contributed by atoms with Gasteiger partial charge in [0.1, 0.15) is 11.5 Å². The van der Waals surface area contributed by atoms with E-state index in [-0.39, 0.29) is 28.7 Å². The van der Waals surface area contributed by atoms with E-state index in [2.05, 4.69) is 17.9 Å². The maximum absolute atomic E-state index is 13.4. The van der Waals surface area contributed by atoms with Gasteiger partial charge in [-0.05, 0) is 49.9 Å². The van der Waals surface area contributed by atoms with Crippen LogP contribution in [0.4, 0.5) is 11.4 Å². The first-order chi connectivity index (χ1) is 17.8. The minimum absolute atomic E-state index is 0.0117. The van der Waals surface area contributed by atoms with Crippen LogP contribution in [0, 0.1) is 11.3 Å². The SMILES string of the molecule is COC(=O)C1=C(C(=O)OC)N(c2cc(Cl)ccc2N2CCCCC2C)C(N)=C(C#N)C1c1ccccc1. The van der Waals surface area contributed by atoms with Crippen LogP contribution in [-0.4, -0.2) is 38.7 Å². The lowest BCUT2D eigenvalue weighted by atomic mass is 9.81. The van der Waals surface area contributed by atoms with Crippen molar-refractivity contribution in [3.05, 3.63) is 81.8 Å². The van der Waals surface area contributed by atoms with Gasteiger partial charge in [0.25, 0.3) is 0 Å². The summed E-state index contributed by atoms with van der Waals surface area (Å²) >= 11 is 6.45. The van der Waals surface area contributed by atoms with Crippen LogP contribution in [-0.2, 0) is 19.1 Å². The van der Waals surface area contributed by atoms with Gasteiger partial charge in [-0.3, -0.25) is 4.90 Å². The van der Waals surface area contributed by atoms with Gasteiger partial charge < -0.3 is 20.1 Å². The first kappa shape index (κ1) is 26.1. The maximum Gasteiger partial charge on any atom is 0.355 e. The van der Waals surface area contributed by atoms with Crippen LogP contribution in [0.5, 0.6) is 0 Å². The summed E-state index contributed by atoms with van der Waals surface area (Å²) in [6.45, 7) is 2.93. The van der Waals surface area contributed by atoms with Gasteiger partial charge in [0, 0.05) is 17.6 Å². The van der Waals surface area contributed by atoms with Crippen LogP contribution in [0.15, 0.2) is 71.2 Å². The minimum atomic E-state index is -0.930. The van der Waals surface area contributed by atoms with Crippen LogP contribution in [0.1, 0.15) is 37.7 Å². The molecule has 2 aliphatic rings. The fourth-order valence-corrected chi connectivity index (χ4v) is 5.30. The van der Waals surface area contributed by atoms with Crippen molar-refractivity contribution >= 4 is 34.9 Å². The molecule has 37 heavy (non-hydrogen) atoms. The number of nitrogens with two attached hydrogens (primary N) is 1. The monoisotopic (exact) mass is 520 g/mol. The number of ether oxygens (including phenoxy) is 2. The Bertz CT molecular complexity index is 1320. The molecule has 0 radical (unpaired) electrons. The summed E-state index contributed by atoms with van der Waals surface area (Å²) in [5.41, 5.74) is 8.50. The van der Waals surface area contributed by atoms with Gasteiger partial charge in [-0.25, -0.2) is 9.59 Å². The summed E-state index contributed by atoms with van der Waals surface area (Å²) in [6, 6.07) is 16.6. The third-order valence-electron chi connectivity index (χ3n) is 6.90. The lowest BCUT2D eigenvalue weighted by Gasteiger charge is -2.41. The summed E-state index contributed by atoms with van der Waals surface area (Å²) in [5.74, 6) is -2.48. The number of anilines is 2. The molecular weight excluding hydrogens is 492 g/mol. The molecule has 8 nitrogen and oxygen atoms in total. The molecule has 2 atom stereocenters. The molecule has 2 heterocycles. The molecule has 192 valence electrons. The molecule has 0 saturated carbocycles. The zero-order chi connectivity index (χ0) is 26.7. The van der Waals surface area contributed by atoms with Gasteiger partial charge in [0.2, 0.25) is 0 Å². The lowest BCUT2D eigenvalue weighted by molar-refractivity contribution is -0.139. The molecule has 2 aliphatic heterocycles. The van der Waals surface area contributed by atoms with E-state index in [0.717, 1.165) is 31.5 Å². The van der Waals surface area contributed by atoms with Crippen LogP contribution >= 0.6 is 11.6 Å². The number of carbonyl (C=O) groups is 2. The normalized spacial score (nSPS) is 20.0. The number of halogens is 1. The third-order valence-corrected chi connectivity index (χ3v) is 7.14. The van der Waals surface area contributed by atoms with Crippen LogP contribution in [0.25, 0.3) is 0 Å². The molecule has 0 spiro atoms. The zero-order valence-electron chi connectivity index (χ0n) is 21.0. The second kappa shape index (κ2) is 11.0. The molecule has 2 aromatic rings. The number of piperidine rings is 1. The van der Waals surface area contributed by atoms with Gasteiger partial charge in [-0.2, -0.15) is 5.26 Å². The molecule has 9 heteroatoms. The van der Waals surface area contributed by atoms with E-state index in [9.17, 15) is 14.9 Å². The molecule has 1 fully saturated rings. The number of benzene rings is 2. The fourth-order valence-electron chi connectivity index (χ4n) is 5.14. The number of hydrogen-bond acceptors (Lipinski definition) is 8.